The number of carbonyl (C=O) groups is 1. The molecule has 7 heteroatoms. The molecular formula is C21H33Cl2N3O2. The first kappa shape index (κ1) is 23.4. The van der Waals surface area contributed by atoms with Gasteiger partial charge in [0.05, 0.1) is 12.2 Å². The van der Waals surface area contributed by atoms with Crippen LogP contribution in [0.4, 0.5) is 0 Å². The second-order valence-electron chi connectivity index (χ2n) is 8.24. The summed E-state index contributed by atoms with van der Waals surface area (Å²) in [6.45, 7) is 9.09. The van der Waals surface area contributed by atoms with Crippen LogP contribution < -0.4 is 5.32 Å². The molecule has 1 aromatic rings. The van der Waals surface area contributed by atoms with E-state index < -0.39 is 0 Å². The lowest BCUT2D eigenvalue weighted by Crippen LogP contribution is -2.44. The van der Waals surface area contributed by atoms with Crippen molar-refractivity contribution in [3.05, 3.63) is 35.4 Å². The fourth-order valence-corrected chi connectivity index (χ4v) is 4.89. The summed E-state index contributed by atoms with van der Waals surface area (Å²) in [6, 6.07) is 9.06. The zero-order valence-electron chi connectivity index (χ0n) is 16.8. The van der Waals surface area contributed by atoms with Crippen LogP contribution in [0.3, 0.4) is 0 Å². The highest BCUT2D eigenvalue weighted by Gasteiger charge is 2.38. The van der Waals surface area contributed by atoms with Crippen LogP contribution in [0.25, 0.3) is 0 Å². The van der Waals surface area contributed by atoms with Crippen LogP contribution in [0.1, 0.15) is 49.0 Å². The minimum Gasteiger partial charge on any atom is -0.373 e. The molecule has 3 aliphatic heterocycles. The number of benzene rings is 1. The monoisotopic (exact) mass is 429 g/mol. The number of hydrogen-bond acceptors (Lipinski definition) is 4. The molecule has 0 saturated carbocycles. The van der Waals surface area contributed by atoms with Gasteiger partial charge in [-0.15, -0.1) is 24.8 Å². The lowest BCUT2D eigenvalue weighted by Gasteiger charge is -2.35. The van der Waals surface area contributed by atoms with Crippen LogP contribution in [0.15, 0.2) is 24.3 Å². The Labute approximate surface area is 181 Å². The third kappa shape index (κ3) is 5.19. The number of carbonyl (C=O) groups excluding carboxylic acids is 1. The Balaban J connectivity index is 0.00000140. The van der Waals surface area contributed by atoms with E-state index in [1.54, 1.807) is 0 Å². The maximum Gasteiger partial charge on any atom is 0.254 e. The van der Waals surface area contributed by atoms with Crippen molar-refractivity contribution in [3.63, 3.8) is 0 Å². The Bertz CT molecular complexity index is 619. The Morgan fingerprint density at radius 2 is 1.68 bits per heavy atom. The zero-order chi connectivity index (χ0) is 18.1. The Hall–Kier alpha value is -0.850. The summed E-state index contributed by atoms with van der Waals surface area (Å²) in [6.07, 6.45) is 3.94. The van der Waals surface area contributed by atoms with Crippen molar-refractivity contribution in [3.8, 4) is 0 Å². The fourth-order valence-electron chi connectivity index (χ4n) is 4.89. The van der Waals surface area contributed by atoms with Crippen molar-refractivity contribution in [1.29, 1.82) is 0 Å². The van der Waals surface area contributed by atoms with Crippen LogP contribution in [0, 0.1) is 0 Å². The Morgan fingerprint density at radius 1 is 1.04 bits per heavy atom. The van der Waals surface area contributed by atoms with Crippen molar-refractivity contribution in [2.75, 3.05) is 26.2 Å². The second kappa shape index (κ2) is 10.3. The first-order valence-electron chi connectivity index (χ1n) is 10.1. The molecular weight excluding hydrogens is 397 g/mol. The zero-order valence-corrected chi connectivity index (χ0v) is 18.4. The third-order valence-corrected chi connectivity index (χ3v) is 5.99. The van der Waals surface area contributed by atoms with Crippen LogP contribution in [0.5, 0.6) is 0 Å². The van der Waals surface area contributed by atoms with Gasteiger partial charge in [-0.05, 0) is 57.4 Å². The highest BCUT2D eigenvalue weighted by Crippen LogP contribution is 2.29. The maximum absolute atomic E-state index is 13.1. The van der Waals surface area contributed by atoms with Crippen molar-refractivity contribution < 1.29 is 9.53 Å². The van der Waals surface area contributed by atoms with Crippen LogP contribution in [0.2, 0.25) is 0 Å². The van der Waals surface area contributed by atoms with E-state index in [0.717, 1.165) is 57.5 Å². The van der Waals surface area contributed by atoms with Gasteiger partial charge in [-0.2, -0.15) is 0 Å². The molecule has 1 amide bonds. The summed E-state index contributed by atoms with van der Waals surface area (Å²) < 4.78 is 5.81. The summed E-state index contributed by atoms with van der Waals surface area (Å²) in [5.74, 6) is 0.210. The number of nitrogens with zero attached hydrogens (tertiary/aromatic N) is 2. The van der Waals surface area contributed by atoms with E-state index in [4.69, 9.17) is 4.74 Å². The summed E-state index contributed by atoms with van der Waals surface area (Å²) >= 11 is 0. The van der Waals surface area contributed by atoms with E-state index in [2.05, 4.69) is 41.1 Å². The molecule has 4 rings (SSSR count). The summed E-state index contributed by atoms with van der Waals surface area (Å²) in [5, 5.41) is 3.47. The van der Waals surface area contributed by atoms with Crippen molar-refractivity contribution in [2.24, 2.45) is 0 Å². The van der Waals surface area contributed by atoms with E-state index in [1.165, 1.54) is 5.56 Å². The highest BCUT2D eigenvalue weighted by molar-refractivity contribution is 5.95. The predicted molar refractivity (Wildman–Crippen MR) is 117 cm³/mol. The standard InChI is InChI=1S/C21H31N3O2.2ClH/c1-15-12-23(13-16(2)26-15)14-17-3-5-18(6-4-17)21(25)24-19-7-8-20(24)11-22-10-9-19;;/h3-6,15-16,19-20,22H,7-14H2,1-2H3;2*1H. The number of morpholine rings is 1. The predicted octanol–water partition coefficient (Wildman–Crippen LogP) is 3.11. The number of amides is 1. The smallest absolute Gasteiger partial charge is 0.254 e. The summed E-state index contributed by atoms with van der Waals surface area (Å²) in [5.41, 5.74) is 2.10. The van der Waals surface area contributed by atoms with E-state index in [9.17, 15) is 4.79 Å². The Kier molecular flexibility index (Phi) is 8.59. The van der Waals surface area contributed by atoms with Gasteiger partial charge in [-0.1, -0.05) is 12.1 Å². The number of ether oxygens (including phenoxy) is 1. The first-order valence-corrected chi connectivity index (χ1v) is 10.1. The van der Waals surface area contributed by atoms with E-state index >= 15 is 0 Å². The minimum atomic E-state index is 0. The van der Waals surface area contributed by atoms with Gasteiger partial charge >= 0.3 is 0 Å². The number of rotatable bonds is 3. The molecule has 2 bridgehead atoms. The Morgan fingerprint density at radius 3 is 2.36 bits per heavy atom. The van der Waals surface area contributed by atoms with Crippen molar-refractivity contribution in [1.82, 2.24) is 15.1 Å². The molecule has 158 valence electrons. The largest absolute Gasteiger partial charge is 0.373 e. The average Bonchev–Trinajstić information content (AvgIpc) is 2.87. The molecule has 0 spiro atoms. The molecule has 1 N–H and O–H groups in total. The highest BCUT2D eigenvalue weighted by atomic mass is 35.5. The quantitative estimate of drug-likeness (QED) is 0.801. The van der Waals surface area contributed by atoms with Gasteiger partial charge in [0.2, 0.25) is 0 Å². The molecule has 28 heavy (non-hydrogen) atoms. The minimum absolute atomic E-state index is 0. The SMILES string of the molecule is CC1CN(Cc2ccc(C(=O)N3C4CCNCC3CC4)cc2)CC(C)O1.Cl.Cl. The van der Waals surface area contributed by atoms with Gasteiger partial charge in [0.15, 0.2) is 0 Å². The average molecular weight is 430 g/mol. The van der Waals surface area contributed by atoms with Gasteiger partial charge in [-0.3, -0.25) is 9.69 Å². The normalized spacial score (nSPS) is 30.1. The molecule has 5 nitrogen and oxygen atoms in total. The van der Waals surface area contributed by atoms with Crippen LogP contribution >= 0.6 is 24.8 Å². The van der Waals surface area contributed by atoms with E-state index in [0.29, 0.717) is 12.1 Å². The van der Waals surface area contributed by atoms with E-state index in [1.807, 2.05) is 12.1 Å². The van der Waals surface area contributed by atoms with Gasteiger partial charge < -0.3 is 15.0 Å². The molecule has 3 fully saturated rings. The maximum atomic E-state index is 13.1. The molecule has 4 unspecified atom stereocenters. The molecule has 0 aromatic heterocycles. The van der Waals surface area contributed by atoms with Crippen LogP contribution in [-0.4, -0.2) is 66.2 Å². The molecule has 0 radical (unpaired) electrons. The van der Waals surface area contributed by atoms with Gasteiger partial charge in [0.25, 0.3) is 5.91 Å². The number of nitrogens with one attached hydrogen (secondary N) is 1. The number of halogens is 2. The molecule has 4 atom stereocenters. The number of hydrogen-bond donors (Lipinski definition) is 1. The molecule has 3 saturated heterocycles. The molecule has 1 aromatic carbocycles. The third-order valence-electron chi connectivity index (χ3n) is 5.99. The molecule has 0 aliphatic carbocycles. The van der Waals surface area contributed by atoms with E-state index in [-0.39, 0.29) is 42.9 Å². The molecule has 3 heterocycles. The van der Waals surface area contributed by atoms with Crippen molar-refractivity contribution in [2.45, 2.75) is 63.9 Å². The fraction of sp³-hybridized carbons (Fsp3) is 0.667. The lowest BCUT2D eigenvalue weighted by atomic mass is 10.1. The van der Waals surface area contributed by atoms with Gasteiger partial charge in [-0.25, -0.2) is 0 Å². The second-order valence-corrected chi connectivity index (χ2v) is 8.24. The van der Waals surface area contributed by atoms with Gasteiger partial charge in [0, 0.05) is 43.8 Å². The number of fused-ring (bicyclic) bond motifs is 2. The topological polar surface area (TPSA) is 44.8 Å². The summed E-state index contributed by atoms with van der Waals surface area (Å²) in [7, 11) is 0. The molecule has 3 aliphatic rings. The lowest BCUT2D eigenvalue weighted by molar-refractivity contribution is -0.0704. The first-order chi connectivity index (χ1) is 12.6. The van der Waals surface area contributed by atoms with Gasteiger partial charge in [0.1, 0.15) is 0 Å². The summed E-state index contributed by atoms with van der Waals surface area (Å²) in [4.78, 5) is 17.7. The van der Waals surface area contributed by atoms with Crippen molar-refractivity contribution >= 4 is 30.7 Å². The van der Waals surface area contributed by atoms with Crippen LogP contribution in [-0.2, 0) is 11.3 Å².